The molecule has 0 amide bonds. The molecule has 648 valence electrons. The minimum atomic E-state index is -3.27. The van der Waals surface area contributed by atoms with Crippen LogP contribution in [0, 0.1) is 51.4 Å². The predicted octanol–water partition coefficient (Wildman–Crippen LogP) is 14.3. The Morgan fingerprint density at radius 2 is 0.557 bits per heavy atom. The summed E-state index contributed by atoms with van der Waals surface area (Å²) in [5.41, 5.74) is 11.7. The molecule has 0 unspecified atom stereocenters. The van der Waals surface area contributed by atoms with Crippen molar-refractivity contribution in [2.24, 2.45) is 23.7 Å². The highest BCUT2D eigenvalue weighted by atomic mass is 32.2. The molecule has 2 N–H and O–H groups in total. The number of rotatable bonds is 16. The molecule has 4 aromatic carbocycles. The van der Waals surface area contributed by atoms with Gasteiger partial charge in [-0.3, -0.25) is 9.59 Å². The van der Waals surface area contributed by atoms with Gasteiger partial charge in [0.2, 0.25) is 23.8 Å². The average molecular weight is 1740 g/mol. The monoisotopic (exact) mass is 1740 g/mol. The van der Waals surface area contributed by atoms with E-state index in [1.165, 1.54) is 38.9 Å². The lowest BCUT2D eigenvalue weighted by molar-refractivity contribution is 0.0764. The fourth-order valence-electron chi connectivity index (χ4n) is 17.9. The van der Waals surface area contributed by atoms with Gasteiger partial charge in [-0.2, -0.15) is 0 Å². The van der Waals surface area contributed by atoms with Crippen LogP contribution in [0.4, 0.5) is 23.8 Å². The Kier molecular flexibility index (Phi) is 24.4. The van der Waals surface area contributed by atoms with Gasteiger partial charge in [-0.05, 0) is 166 Å². The molecule has 4 aliphatic heterocycles. The van der Waals surface area contributed by atoms with Crippen molar-refractivity contribution < 1.29 is 53.5 Å². The van der Waals surface area contributed by atoms with Gasteiger partial charge in [0.25, 0.3) is 0 Å². The molecule has 122 heavy (non-hydrogen) atoms. The van der Waals surface area contributed by atoms with Crippen molar-refractivity contribution in [2.45, 2.75) is 206 Å². The van der Waals surface area contributed by atoms with Crippen molar-refractivity contribution in [1.82, 2.24) is 58.1 Å². The van der Waals surface area contributed by atoms with Crippen LogP contribution in [-0.4, -0.2) is 165 Å². The lowest BCUT2D eigenvalue weighted by atomic mass is 9.97. The number of hydrogen-bond donors (Lipinski definition) is 2. The molecule has 0 fully saturated rings. The number of aryl methyl sites for hydroxylation is 4. The topological polar surface area (TPSA) is 347 Å². The first-order valence-corrected chi connectivity index (χ1v) is 48.7. The van der Waals surface area contributed by atoms with E-state index in [1.807, 2.05) is 52.0 Å². The molecule has 0 bridgehead atoms. The Balaban J connectivity index is 0.000000140. The highest BCUT2D eigenvalue weighted by molar-refractivity contribution is 7.91. The number of hydrogen-bond acceptors (Lipinski definition) is 24. The van der Waals surface area contributed by atoms with Crippen LogP contribution in [0.2, 0.25) is 0 Å². The van der Waals surface area contributed by atoms with E-state index in [9.17, 15) is 53.5 Å². The number of aromatic nitrogens is 12. The zero-order chi connectivity index (χ0) is 89.0. The molecule has 12 heterocycles. The van der Waals surface area contributed by atoms with Crippen LogP contribution in [0.25, 0.3) is 43.6 Å². The van der Waals surface area contributed by atoms with Gasteiger partial charge in [0.1, 0.15) is 0 Å². The summed E-state index contributed by atoms with van der Waals surface area (Å²) in [6, 6.07) is 30.0. The minimum Gasteiger partial charge on any atom is -0.386 e. The van der Waals surface area contributed by atoms with Crippen LogP contribution in [0.1, 0.15) is 198 Å². The molecule has 16 rings (SSSR count). The lowest BCUT2D eigenvalue weighted by Crippen LogP contribution is -2.41. The molecule has 0 saturated heterocycles. The number of fused-ring (bicyclic) bond motifs is 12. The number of nitrogens with zero attached hydrogens (tertiary/aromatic N) is 16. The van der Waals surface area contributed by atoms with Gasteiger partial charge >= 0.3 is 0 Å². The van der Waals surface area contributed by atoms with Crippen LogP contribution in [0.5, 0.6) is 0 Å². The first kappa shape index (κ1) is 89.4. The number of benzene rings is 4. The van der Waals surface area contributed by atoms with Gasteiger partial charge in [0, 0.05) is 191 Å². The maximum absolute atomic E-state index is 12.1. The van der Waals surface area contributed by atoms with E-state index >= 15 is 0 Å². The maximum atomic E-state index is 12.1. The normalized spacial score (nSPS) is 17.1. The quantitative estimate of drug-likeness (QED) is 0.0848. The highest BCUT2D eigenvalue weighted by Crippen LogP contribution is 2.45. The minimum absolute atomic E-state index is 0.0374. The average Bonchev–Trinajstić information content (AvgIpc) is 1.60. The molecule has 4 aliphatic rings. The SMILES string of the molecule is CC(=O)c1cnc(N2CCn3c(cc4ccc(S(C)(=O)=O)cc43)[C@@H]2C(C)C)nc1C.CC(=O)c1cnc(N2CCn3c(cc4ccc(S(C)(=O)=O)cc43)[C@H]2C(C)C)nc1C.Cc1nc(N2CCn3c(cc4ccc(S(C)(=O)=O)cc43)[C@@H]2C(C)C)ncc1C(C)(C)O.Cc1nc(N2CCn3c(cc4ccc(S(C)(=O)=O)cc43)[C@H]2C(C)C)ncc1C(C)(C)O. The summed E-state index contributed by atoms with van der Waals surface area (Å²) >= 11 is 0. The van der Waals surface area contributed by atoms with Crippen LogP contribution in [-0.2, 0) is 76.7 Å². The fourth-order valence-corrected chi connectivity index (χ4v) is 20.5. The van der Waals surface area contributed by atoms with Crippen molar-refractivity contribution in [3.05, 3.63) is 190 Å². The third-order valence-corrected chi connectivity index (χ3v) is 28.1. The van der Waals surface area contributed by atoms with Gasteiger partial charge in [0.15, 0.2) is 50.9 Å². The van der Waals surface area contributed by atoms with Crippen molar-refractivity contribution in [3.8, 4) is 0 Å². The third kappa shape index (κ3) is 17.8. The fraction of sp³-hybridized carbons (Fsp3) is 0.444. The smallest absolute Gasteiger partial charge is 0.226 e. The standard InChI is InChI=1S/2C23H30N4O3S.2C22H26N4O3S/c2*1-14(2)21-20-11-16-7-8-17(31(6,29)30)12-19(16)26(20)9-10-27(21)22-24-13-18(15(3)25-22)23(4,5)28;2*1-13(2)21-20-10-16-6-7-17(30(5,28)29)11-19(16)25(20)8-9-26(21)22-23-12-18(15(4)27)14(3)24-22/h2*7-8,11-14,21,28H,9-10H2,1-6H3;2*6-7,10-13,21H,8-9H2,1-5H3/t4*21-/m1010/s1. The Labute approximate surface area is 715 Å². The second-order valence-electron chi connectivity index (χ2n) is 35.3. The van der Waals surface area contributed by atoms with Gasteiger partial charge in [-0.15, -0.1) is 0 Å². The molecule has 0 saturated carbocycles. The highest BCUT2D eigenvalue weighted by Gasteiger charge is 2.40. The Hall–Kier alpha value is -10.4. The first-order valence-electron chi connectivity index (χ1n) is 41.1. The van der Waals surface area contributed by atoms with Gasteiger partial charge < -0.3 is 48.1 Å². The van der Waals surface area contributed by atoms with E-state index in [2.05, 4.69) is 147 Å². The zero-order valence-electron chi connectivity index (χ0n) is 73.6. The van der Waals surface area contributed by atoms with Crippen LogP contribution < -0.4 is 19.6 Å². The van der Waals surface area contributed by atoms with Crippen molar-refractivity contribution >= 4 is 118 Å². The van der Waals surface area contributed by atoms with Crippen molar-refractivity contribution in [2.75, 3.05) is 70.8 Å². The van der Waals surface area contributed by atoms with Crippen LogP contribution >= 0.6 is 0 Å². The van der Waals surface area contributed by atoms with E-state index in [4.69, 9.17) is 9.97 Å². The lowest BCUT2D eigenvalue weighted by Gasteiger charge is -2.39. The molecular formula is C90H112N16O12S4. The Morgan fingerprint density at radius 3 is 0.738 bits per heavy atom. The summed E-state index contributed by atoms with van der Waals surface area (Å²) < 4.78 is 105. The molecule has 28 nitrogen and oxygen atoms in total. The number of carbonyl (C=O) groups is 2. The Bertz CT molecular complexity index is 6220. The van der Waals surface area contributed by atoms with E-state index < -0.39 is 50.6 Å². The first-order chi connectivity index (χ1) is 56.9. The third-order valence-electron chi connectivity index (χ3n) is 23.7. The summed E-state index contributed by atoms with van der Waals surface area (Å²) in [7, 11) is -13.1. The number of anilines is 4. The second-order valence-corrected chi connectivity index (χ2v) is 43.4. The number of Topliss-reactive ketones (excluding diaryl/α,β-unsaturated/α-hetero) is 2. The number of aliphatic hydroxyl groups is 2. The molecule has 32 heteroatoms. The van der Waals surface area contributed by atoms with E-state index in [0.717, 1.165) is 88.9 Å². The number of sulfone groups is 4. The molecular weight excluding hydrogens is 1630 g/mol. The summed E-state index contributed by atoms with van der Waals surface area (Å²) in [6.07, 6.45) is 11.6. The van der Waals surface area contributed by atoms with E-state index in [0.29, 0.717) is 118 Å². The molecule has 0 spiro atoms. The summed E-state index contributed by atoms with van der Waals surface area (Å²) in [6.45, 7) is 40.4. The maximum Gasteiger partial charge on any atom is 0.226 e. The molecule has 0 radical (unpaired) electrons. The van der Waals surface area contributed by atoms with Crippen molar-refractivity contribution in [1.29, 1.82) is 0 Å². The molecule has 8 aromatic heterocycles. The second kappa shape index (κ2) is 33.4. The zero-order valence-corrected chi connectivity index (χ0v) is 76.9. The summed E-state index contributed by atoms with van der Waals surface area (Å²) in [5.74, 6) is 3.58. The van der Waals surface area contributed by atoms with E-state index in [-0.39, 0.29) is 59.4 Å². The van der Waals surface area contributed by atoms with Gasteiger partial charge in [-0.25, -0.2) is 73.5 Å². The van der Waals surface area contributed by atoms with Gasteiger partial charge in [0.05, 0.1) is 77.5 Å². The summed E-state index contributed by atoms with van der Waals surface area (Å²) in [5, 5.41) is 24.8. The molecule has 12 aromatic rings. The largest absolute Gasteiger partial charge is 0.386 e. The number of ketones is 2. The Morgan fingerprint density at radius 1 is 0.344 bits per heavy atom. The van der Waals surface area contributed by atoms with Crippen LogP contribution in [0.15, 0.2) is 141 Å². The van der Waals surface area contributed by atoms with E-state index in [1.54, 1.807) is 101 Å². The number of carbonyl (C=O) groups excluding carboxylic acids is 2. The van der Waals surface area contributed by atoms with Crippen LogP contribution in [0.3, 0.4) is 0 Å². The van der Waals surface area contributed by atoms with Crippen molar-refractivity contribution in [3.63, 3.8) is 0 Å². The summed E-state index contributed by atoms with van der Waals surface area (Å²) in [4.78, 5) is 70.6. The van der Waals surface area contributed by atoms with Gasteiger partial charge in [-0.1, -0.05) is 79.7 Å². The molecule has 0 aliphatic carbocycles. The molecule has 4 atom stereocenters. The predicted molar refractivity (Wildman–Crippen MR) is 477 cm³/mol.